The molecule has 0 aliphatic carbocycles. The summed E-state index contributed by atoms with van der Waals surface area (Å²) in [6, 6.07) is 7.90. The van der Waals surface area contributed by atoms with E-state index >= 15 is 0 Å². The number of nitrogens with one attached hydrogen (secondary N) is 1. The van der Waals surface area contributed by atoms with Gasteiger partial charge < -0.3 is 10.2 Å². The maximum atomic E-state index is 12.6. The summed E-state index contributed by atoms with van der Waals surface area (Å²) in [7, 11) is 0. The van der Waals surface area contributed by atoms with E-state index < -0.39 is 0 Å². The van der Waals surface area contributed by atoms with Crippen molar-refractivity contribution in [1.29, 1.82) is 0 Å². The molecule has 3 amide bonds. The third-order valence-electron chi connectivity index (χ3n) is 4.43. The molecular weight excluding hydrogens is 332 g/mol. The molecule has 3 rings (SSSR count). The number of amides is 3. The van der Waals surface area contributed by atoms with Crippen molar-refractivity contribution in [1.82, 2.24) is 25.0 Å². The van der Waals surface area contributed by atoms with Crippen molar-refractivity contribution >= 4 is 17.6 Å². The molecule has 1 aliphatic heterocycles. The largest absolute Gasteiger partial charge is 0.353 e. The van der Waals surface area contributed by atoms with Crippen LogP contribution in [0.3, 0.4) is 0 Å². The molecule has 1 fully saturated rings. The quantitative estimate of drug-likeness (QED) is 0.814. The van der Waals surface area contributed by atoms with Crippen LogP contribution in [0.15, 0.2) is 36.9 Å². The van der Waals surface area contributed by atoms with Crippen molar-refractivity contribution in [3.05, 3.63) is 42.5 Å². The molecule has 2 heterocycles. The van der Waals surface area contributed by atoms with Crippen molar-refractivity contribution in [3.8, 4) is 0 Å². The number of nitrogens with zero attached hydrogens (tertiary/aromatic N) is 5. The van der Waals surface area contributed by atoms with Gasteiger partial charge in [0.1, 0.15) is 19.2 Å². The van der Waals surface area contributed by atoms with E-state index in [1.807, 2.05) is 24.3 Å². The number of carbonyl (C=O) groups is 2. The van der Waals surface area contributed by atoms with Gasteiger partial charge in [0.2, 0.25) is 5.91 Å². The van der Waals surface area contributed by atoms with E-state index in [0.29, 0.717) is 32.1 Å². The Hall–Kier alpha value is -2.90. The maximum absolute atomic E-state index is 12.6. The number of aromatic nitrogens is 3. The van der Waals surface area contributed by atoms with Crippen molar-refractivity contribution in [2.45, 2.75) is 26.3 Å². The number of hydrogen-bond donors (Lipinski definition) is 1. The van der Waals surface area contributed by atoms with Gasteiger partial charge in [-0.2, -0.15) is 5.10 Å². The fraction of sp³-hybridized carbons (Fsp3) is 0.444. The highest BCUT2D eigenvalue weighted by atomic mass is 16.2. The molecule has 8 heteroatoms. The number of hydrogen-bond acceptors (Lipinski definition) is 4. The number of anilines is 1. The van der Waals surface area contributed by atoms with Gasteiger partial charge in [-0.3, -0.25) is 14.4 Å². The lowest BCUT2D eigenvalue weighted by Crippen LogP contribution is -2.40. The van der Waals surface area contributed by atoms with Crippen LogP contribution in [-0.2, 0) is 11.3 Å². The normalized spacial score (nSPS) is 14.3. The Morgan fingerprint density at radius 3 is 2.65 bits per heavy atom. The molecule has 2 aromatic rings. The third-order valence-corrected chi connectivity index (χ3v) is 4.43. The van der Waals surface area contributed by atoms with Gasteiger partial charge in [-0.25, -0.2) is 9.78 Å². The first kappa shape index (κ1) is 17.9. The molecule has 0 bridgehead atoms. The number of urea groups is 1. The highest BCUT2D eigenvalue weighted by molar-refractivity contribution is 5.96. The molecule has 1 aromatic carbocycles. The summed E-state index contributed by atoms with van der Waals surface area (Å²) in [6.45, 7) is 6.47. The predicted octanol–water partition coefficient (Wildman–Crippen LogP) is 1.46. The Bertz CT molecular complexity index is 742. The minimum Gasteiger partial charge on any atom is -0.353 e. The Labute approximate surface area is 152 Å². The van der Waals surface area contributed by atoms with Crippen LogP contribution in [0.5, 0.6) is 0 Å². The van der Waals surface area contributed by atoms with E-state index in [0.717, 1.165) is 5.69 Å². The van der Waals surface area contributed by atoms with Gasteiger partial charge in [0.05, 0.1) is 6.54 Å². The van der Waals surface area contributed by atoms with Gasteiger partial charge >= 0.3 is 6.03 Å². The molecule has 0 spiro atoms. The summed E-state index contributed by atoms with van der Waals surface area (Å²) in [5.74, 6) is 0.284. The first-order chi connectivity index (χ1) is 12.5. The zero-order chi connectivity index (χ0) is 18.5. The van der Waals surface area contributed by atoms with Gasteiger partial charge in [-0.1, -0.05) is 26.0 Å². The van der Waals surface area contributed by atoms with Crippen LogP contribution in [0, 0.1) is 0 Å². The van der Waals surface area contributed by atoms with Crippen molar-refractivity contribution in [2.75, 3.05) is 31.1 Å². The smallest absolute Gasteiger partial charge is 0.325 e. The Balaban J connectivity index is 1.49. The van der Waals surface area contributed by atoms with Crippen LogP contribution < -0.4 is 10.2 Å². The second kappa shape index (κ2) is 7.99. The third kappa shape index (κ3) is 4.19. The molecule has 1 N–H and O–H groups in total. The summed E-state index contributed by atoms with van der Waals surface area (Å²) in [4.78, 5) is 31.8. The number of carbonyl (C=O) groups excluding carboxylic acids is 2. The molecule has 0 atom stereocenters. The molecule has 0 radical (unpaired) electrons. The topological polar surface area (TPSA) is 83.4 Å². The molecule has 1 saturated heterocycles. The van der Waals surface area contributed by atoms with Crippen LogP contribution in [0.2, 0.25) is 0 Å². The second-order valence-corrected chi connectivity index (χ2v) is 6.61. The van der Waals surface area contributed by atoms with Crippen molar-refractivity contribution in [3.63, 3.8) is 0 Å². The number of benzene rings is 1. The Kier molecular flexibility index (Phi) is 5.50. The van der Waals surface area contributed by atoms with Crippen molar-refractivity contribution in [2.24, 2.45) is 0 Å². The van der Waals surface area contributed by atoms with E-state index in [-0.39, 0.29) is 18.5 Å². The molecule has 0 saturated carbocycles. The lowest BCUT2D eigenvalue weighted by Gasteiger charge is -2.19. The molecule has 26 heavy (non-hydrogen) atoms. The average molecular weight is 356 g/mol. The fourth-order valence-corrected chi connectivity index (χ4v) is 2.90. The van der Waals surface area contributed by atoms with Gasteiger partial charge in [-0.05, 0) is 23.6 Å². The monoisotopic (exact) mass is 356 g/mol. The predicted molar refractivity (Wildman–Crippen MR) is 97.9 cm³/mol. The van der Waals surface area contributed by atoms with E-state index in [1.54, 1.807) is 20.8 Å². The van der Waals surface area contributed by atoms with Crippen LogP contribution in [0.4, 0.5) is 10.5 Å². The average Bonchev–Trinajstić information content (AvgIpc) is 3.26. The minimum absolute atomic E-state index is 0.0662. The zero-order valence-electron chi connectivity index (χ0n) is 15.1. The van der Waals surface area contributed by atoms with Crippen molar-refractivity contribution < 1.29 is 9.59 Å². The SMILES string of the molecule is CC(C)c1ccc(N2CCN(CC(=O)NCCn3cncn3)C2=O)cc1. The van der Waals surface area contributed by atoms with Gasteiger partial charge in [0.15, 0.2) is 0 Å². The summed E-state index contributed by atoms with van der Waals surface area (Å²) >= 11 is 0. The van der Waals surface area contributed by atoms with Crippen LogP contribution >= 0.6 is 0 Å². The highest BCUT2D eigenvalue weighted by Gasteiger charge is 2.30. The highest BCUT2D eigenvalue weighted by Crippen LogP contribution is 2.23. The van der Waals surface area contributed by atoms with E-state index in [1.165, 1.54) is 11.9 Å². The van der Waals surface area contributed by atoms with Crippen LogP contribution in [-0.4, -0.2) is 57.8 Å². The summed E-state index contributed by atoms with van der Waals surface area (Å²) in [5.41, 5.74) is 2.11. The summed E-state index contributed by atoms with van der Waals surface area (Å²) in [6.07, 6.45) is 3.05. The second-order valence-electron chi connectivity index (χ2n) is 6.61. The molecule has 138 valence electrons. The summed E-state index contributed by atoms with van der Waals surface area (Å²) < 4.78 is 1.64. The maximum Gasteiger partial charge on any atom is 0.325 e. The lowest BCUT2D eigenvalue weighted by atomic mass is 10.0. The standard InChI is InChI=1S/C18H24N6O2/c1-14(2)15-3-5-16(6-4-15)24-10-9-22(18(24)26)11-17(25)20-7-8-23-13-19-12-21-23/h3-6,12-14H,7-11H2,1-2H3,(H,20,25). The molecule has 8 nitrogen and oxygen atoms in total. The van der Waals surface area contributed by atoms with E-state index in [2.05, 4.69) is 29.2 Å². The molecule has 1 aliphatic rings. The van der Waals surface area contributed by atoms with Gasteiger partial charge in [0.25, 0.3) is 0 Å². The minimum atomic E-state index is -0.171. The van der Waals surface area contributed by atoms with Crippen LogP contribution in [0.25, 0.3) is 0 Å². The Morgan fingerprint density at radius 2 is 2.00 bits per heavy atom. The molecule has 1 aromatic heterocycles. The molecule has 0 unspecified atom stereocenters. The summed E-state index contributed by atoms with van der Waals surface area (Å²) in [5, 5.41) is 6.77. The number of rotatable bonds is 7. The first-order valence-corrected chi connectivity index (χ1v) is 8.80. The van der Waals surface area contributed by atoms with Gasteiger partial charge in [0, 0.05) is 25.3 Å². The van der Waals surface area contributed by atoms with Crippen LogP contribution in [0.1, 0.15) is 25.3 Å². The first-order valence-electron chi connectivity index (χ1n) is 8.80. The molecular formula is C18H24N6O2. The fourth-order valence-electron chi connectivity index (χ4n) is 2.90. The van der Waals surface area contributed by atoms with E-state index in [4.69, 9.17) is 0 Å². The van der Waals surface area contributed by atoms with E-state index in [9.17, 15) is 9.59 Å². The Morgan fingerprint density at radius 1 is 1.23 bits per heavy atom. The van der Waals surface area contributed by atoms with Gasteiger partial charge in [-0.15, -0.1) is 0 Å². The lowest BCUT2D eigenvalue weighted by molar-refractivity contribution is -0.121. The zero-order valence-corrected chi connectivity index (χ0v) is 15.1.